The topological polar surface area (TPSA) is 54.9 Å². The van der Waals surface area contributed by atoms with Crippen LogP contribution in [0.1, 0.15) is 6.92 Å². The summed E-state index contributed by atoms with van der Waals surface area (Å²) in [6.45, 7) is 1.82. The van der Waals surface area contributed by atoms with Gasteiger partial charge in [-0.2, -0.15) is 0 Å². The normalized spacial score (nSPS) is 12.1. The van der Waals surface area contributed by atoms with Crippen LogP contribution in [0.2, 0.25) is 5.02 Å². The molecule has 1 atom stereocenters. The third-order valence-electron chi connectivity index (χ3n) is 2.12. The second kappa shape index (κ2) is 6.17. The molecule has 1 aromatic carbocycles. The van der Waals surface area contributed by atoms with E-state index in [1.807, 2.05) is 19.1 Å². The highest BCUT2D eigenvalue weighted by atomic mass is 35.5. The van der Waals surface area contributed by atoms with Crippen LogP contribution in [-0.2, 0) is 4.79 Å². The van der Waals surface area contributed by atoms with Crippen molar-refractivity contribution in [3.63, 3.8) is 0 Å². The summed E-state index contributed by atoms with van der Waals surface area (Å²) in [6, 6.07) is 7.14. The Morgan fingerprint density at radius 3 is 2.94 bits per heavy atom. The first-order valence-corrected chi connectivity index (χ1v) is 7.29. The molecular weight excluding hydrogens is 290 g/mol. The predicted molar refractivity (Wildman–Crippen MR) is 75.3 cm³/mol. The van der Waals surface area contributed by atoms with Gasteiger partial charge in [-0.1, -0.05) is 46.8 Å². The predicted octanol–water partition coefficient (Wildman–Crippen LogP) is 3.31. The van der Waals surface area contributed by atoms with Crippen LogP contribution in [0.25, 0.3) is 0 Å². The second-order valence-electron chi connectivity index (χ2n) is 3.43. The average molecular weight is 300 g/mol. The lowest BCUT2D eigenvalue weighted by Crippen LogP contribution is -2.22. The zero-order chi connectivity index (χ0) is 13.0. The van der Waals surface area contributed by atoms with Gasteiger partial charge in [0.2, 0.25) is 5.91 Å². The van der Waals surface area contributed by atoms with Gasteiger partial charge in [0.15, 0.2) is 4.34 Å². The van der Waals surface area contributed by atoms with Gasteiger partial charge in [0.25, 0.3) is 0 Å². The van der Waals surface area contributed by atoms with Gasteiger partial charge in [0.1, 0.15) is 5.51 Å². The molecule has 0 aliphatic carbocycles. The van der Waals surface area contributed by atoms with Crippen LogP contribution in [0.15, 0.2) is 34.1 Å². The lowest BCUT2D eigenvalue weighted by atomic mass is 10.3. The van der Waals surface area contributed by atoms with Gasteiger partial charge in [-0.25, -0.2) is 0 Å². The van der Waals surface area contributed by atoms with Crippen molar-refractivity contribution in [1.82, 2.24) is 10.2 Å². The first kappa shape index (κ1) is 13.3. The van der Waals surface area contributed by atoms with Gasteiger partial charge < -0.3 is 5.32 Å². The van der Waals surface area contributed by atoms with Gasteiger partial charge in [0.05, 0.1) is 16.0 Å². The standard InChI is InChI=1S/C11H10ClN3OS2/c1-7(18-11-15-13-6-17-11)10(16)14-9-5-3-2-4-8(9)12/h2-7H,1H3,(H,14,16)/t7-/m0/s1. The highest BCUT2D eigenvalue weighted by Crippen LogP contribution is 2.26. The molecule has 1 aromatic heterocycles. The molecule has 0 unspecified atom stereocenters. The van der Waals surface area contributed by atoms with Gasteiger partial charge >= 0.3 is 0 Å². The zero-order valence-electron chi connectivity index (χ0n) is 9.46. The van der Waals surface area contributed by atoms with E-state index in [9.17, 15) is 4.79 Å². The third kappa shape index (κ3) is 3.44. The van der Waals surface area contributed by atoms with Crippen molar-refractivity contribution >= 4 is 46.3 Å². The summed E-state index contributed by atoms with van der Waals surface area (Å²) in [6.07, 6.45) is 0. The Hall–Kier alpha value is -1.11. The zero-order valence-corrected chi connectivity index (χ0v) is 11.9. The largest absolute Gasteiger partial charge is 0.324 e. The van der Waals surface area contributed by atoms with Gasteiger partial charge in [0, 0.05) is 0 Å². The fraction of sp³-hybridized carbons (Fsp3) is 0.182. The highest BCUT2D eigenvalue weighted by Gasteiger charge is 2.16. The number of para-hydroxylation sites is 1. The Morgan fingerprint density at radius 1 is 1.50 bits per heavy atom. The Bertz CT molecular complexity index is 533. The molecule has 94 valence electrons. The lowest BCUT2D eigenvalue weighted by molar-refractivity contribution is -0.115. The van der Waals surface area contributed by atoms with Crippen molar-refractivity contribution in [2.24, 2.45) is 0 Å². The minimum absolute atomic E-state index is 0.108. The fourth-order valence-electron chi connectivity index (χ4n) is 1.22. The van der Waals surface area contributed by atoms with Crippen molar-refractivity contribution in [2.75, 3.05) is 5.32 Å². The molecule has 0 radical (unpaired) electrons. The van der Waals surface area contributed by atoms with E-state index in [4.69, 9.17) is 11.6 Å². The number of nitrogens with zero attached hydrogens (tertiary/aromatic N) is 2. The highest BCUT2D eigenvalue weighted by molar-refractivity contribution is 8.02. The summed E-state index contributed by atoms with van der Waals surface area (Å²) in [4.78, 5) is 12.0. The number of amides is 1. The van der Waals surface area contributed by atoms with Gasteiger partial charge in [-0.15, -0.1) is 10.2 Å². The number of anilines is 1. The summed E-state index contributed by atoms with van der Waals surface area (Å²) in [5.41, 5.74) is 2.26. The van der Waals surface area contributed by atoms with E-state index >= 15 is 0 Å². The van der Waals surface area contributed by atoms with E-state index in [2.05, 4.69) is 15.5 Å². The molecule has 1 heterocycles. The molecule has 0 bridgehead atoms. The minimum atomic E-state index is -0.255. The third-order valence-corrected chi connectivity index (χ3v) is 4.36. The van der Waals surface area contributed by atoms with E-state index in [-0.39, 0.29) is 11.2 Å². The molecule has 0 fully saturated rings. The van der Waals surface area contributed by atoms with Crippen molar-refractivity contribution in [2.45, 2.75) is 16.5 Å². The molecule has 2 rings (SSSR count). The molecule has 0 saturated carbocycles. The quantitative estimate of drug-likeness (QED) is 0.880. The monoisotopic (exact) mass is 299 g/mol. The second-order valence-corrected chi connectivity index (χ2v) is 6.26. The van der Waals surface area contributed by atoms with E-state index in [0.29, 0.717) is 10.7 Å². The van der Waals surface area contributed by atoms with Crippen LogP contribution in [0, 0.1) is 0 Å². The summed E-state index contributed by atoms with van der Waals surface area (Å²) in [5.74, 6) is -0.108. The van der Waals surface area contributed by atoms with Crippen molar-refractivity contribution in [3.05, 3.63) is 34.8 Å². The van der Waals surface area contributed by atoms with Crippen LogP contribution in [0.3, 0.4) is 0 Å². The van der Waals surface area contributed by atoms with E-state index < -0.39 is 0 Å². The number of carbonyl (C=O) groups excluding carboxylic acids is 1. The number of halogens is 1. The molecule has 1 amide bonds. The molecule has 1 N–H and O–H groups in total. The molecule has 0 spiro atoms. The molecule has 0 aliphatic heterocycles. The molecule has 0 aliphatic rings. The first-order chi connectivity index (χ1) is 8.66. The first-order valence-electron chi connectivity index (χ1n) is 5.15. The summed E-state index contributed by atoms with van der Waals surface area (Å²) >= 11 is 8.76. The lowest BCUT2D eigenvalue weighted by Gasteiger charge is -2.11. The number of carbonyl (C=O) groups is 1. The number of nitrogens with one attached hydrogen (secondary N) is 1. The van der Waals surface area contributed by atoms with Crippen LogP contribution in [0.5, 0.6) is 0 Å². The van der Waals surface area contributed by atoms with Gasteiger partial charge in [-0.3, -0.25) is 4.79 Å². The Morgan fingerprint density at radius 2 is 2.28 bits per heavy atom. The molecule has 0 saturated heterocycles. The average Bonchev–Trinajstić information content (AvgIpc) is 2.84. The van der Waals surface area contributed by atoms with Crippen molar-refractivity contribution < 1.29 is 4.79 Å². The summed E-state index contributed by atoms with van der Waals surface area (Å²) < 4.78 is 0.775. The Balaban J connectivity index is 1.98. The van der Waals surface area contributed by atoms with E-state index in [0.717, 1.165) is 4.34 Å². The maximum absolute atomic E-state index is 12.0. The van der Waals surface area contributed by atoms with E-state index in [1.54, 1.807) is 17.6 Å². The summed E-state index contributed by atoms with van der Waals surface area (Å²) in [5, 5.41) is 10.7. The smallest absolute Gasteiger partial charge is 0.237 e. The molecular formula is C11H10ClN3OS2. The van der Waals surface area contributed by atoms with Crippen LogP contribution < -0.4 is 5.32 Å². The SMILES string of the molecule is C[C@H](Sc1nncs1)C(=O)Nc1ccccc1Cl. The number of thioether (sulfide) groups is 1. The van der Waals surface area contributed by atoms with Crippen LogP contribution >= 0.6 is 34.7 Å². The van der Waals surface area contributed by atoms with Crippen LogP contribution in [-0.4, -0.2) is 21.4 Å². The number of hydrogen-bond acceptors (Lipinski definition) is 5. The number of benzene rings is 1. The Labute approximate surface area is 118 Å². The molecule has 7 heteroatoms. The maximum Gasteiger partial charge on any atom is 0.237 e. The van der Waals surface area contributed by atoms with E-state index in [1.165, 1.54) is 23.1 Å². The maximum atomic E-state index is 12.0. The van der Waals surface area contributed by atoms with Crippen molar-refractivity contribution in [1.29, 1.82) is 0 Å². The van der Waals surface area contributed by atoms with Crippen LogP contribution in [0.4, 0.5) is 5.69 Å². The number of aromatic nitrogens is 2. The number of rotatable bonds is 4. The van der Waals surface area contributed by atoms with Gasteiger partial charge in [-0.05, 0) is 19.1 Å². The minimum Gasteiger partial charge on any atom is -0.324 e. The Kier molecular flexibility index (Phi) is 4.57. The van der Waals surface area contributed by atoms with Crippen molar-refractivity contribution in [3.8, 4) is 0 Å². The molecule has 4 nitrogen and oxygen atoms in total. The molecule has 2 aromatic rings. The molecule has 18 heavy (non-hydrogen) atoms. The fourth-order valence-corrected chi connectivity index (χ4v) is 3.02. The summed E-state index contributed by atoms with van der Waals surface area (Å²) in [7, 11) is 0. The number of hydrogen-bond donors (Lipinski definition) is 1.